The molecule has 1 saturated heterocycles. The van der Waals surface area contributed by atoms with Gasteiger partial charge in [0.15, 0.2) is 0 Å². The maximum absolute atomic E-state index is 12.8. The molecule has 29 heavy (non-hydrogen) atoms. The molecule has 2 atom stereocenters. The molecule has 2 aromatic carbocycles. The SMILES string of the molecule is Cc1ccc(C(NC(=O)C2CCC(C(F)(F)F)NC2=O)c2ccc(C)cc2)cc1. The monoisotopic (exact) mass is 404 g/mol. The number of benzene rings is 2. The van der Waals surface area contributed by atoms with Gasteiger partial charge in [-0.3, -0.25) is 9.59 Å². The number of piperidine rings is 1. The summed E-state index contributed by atoms with van der Waals surface area (Å²) >= 11 is 0. The summed E-state index contributed by atoms with van der Waals surface area (Å²) in [6, 6.07) is 12.8. The van der Waals surface area contributed by atoms with Crippen LogP contribution in [0.4, 0.5) is 13.2 Å². The second kappa shape index (κ2) is 8.27. The predicted molar refractivity (Wildman–Crippen MR) is 103 cm³/mol. The van der Waals surface area contributed by atoms with Crippen LogP contribution in [-0.2, 0) is 9.59 Å². The smallest absolute Gasteiger partial charge is 0.344 e. The van der Waals surface area contributed by atoms with E-state index in [-0.39, 0.29) is 12.8 Å². The van der Waals surface area contributed by atoms with Gasteiger partial charge >= 0.3 is 6.18 Å². The number of carbonyl (C=O) groups excluding carboxylic acids is 2. The van der Waals surface area contributed by atoms with E-state index < -0.39 is 36.0 Å². The highest BCUT2D eigenvalue weighted by molar-refractivity contribution is 6.01. The molecule has 0 bridgehead atoms. The third-order valence-corrected chi connectivity index (χ3v) is 5.20. The number of hydrogen-bond donors (Lipinski definition) is 2. The first-order valence-corrected chi connectivity index (χ1v) is 9.46. The molecule has 0 aliphatic carbocycles. The molecular weight excluding hydrogens is 381 g/mol. The molecule has 1 heterocycles. The summed E-state index contributed by atoms with van der Waals surface area (Å²) in [7, 11) is 0. The van der Waals surface area contributed by atoms with E-state index in [1.54, 1.807) is 0 Å². The number of hydrogen-bond acceptors (Lipinski definition) is 2. The van der Waals surface area contributed by atoms with Gasteiger partial charge in [-0.25, -0.2) is 0 Å². The summed E-state index contributed by atoms with van der Waals surface area (Å²) in [4.78, 5) is 25.0. The lowest BCUT2D eigenvalue weighted by Gasteiger charge is -2.31. The van der Waals surface area contributed by atoms with E-state index in [1.165, 1.54) is 0 Å². The fourth-order valence-electron chi connectivity index (χ4n) is 3.42. The maximum Gasteiger partial charge on any atom is 0.408 e. The summed E-state index contributed by atoms with van der Waals surface area (Å²) in [5, 5.41) is 4.79. The molecule has 0 aromatic heterocycles. The average Bonchev–Trinajstić information content (AvgIpc) is 2.67. The Labute approximate surface area is 167 Å². The Balaban J connectivity index is 1.80. The predicted octanol–water partition coefficient (Wildman–Crippen LogP) is 3.97. The van der Waals surface area contributed by atoms with Gasteiger partial charge in [-0.1, -0.05) is 59.7 Å². The van der Waals surface area contributed by atoms with E-state index in [9.17, 15) is 22.8 Å². The Bertz CT molecular complexity index is 831. The molecule has 1 aliphatic heterocycles. The molecule has 0 saturated carbocycles. The minimum Gasteiger partial charge on any atom is -0.344 e. The second-order valence-electron chi connectivity index (χ2n) is 7.50. The quantitative estimate of drug-likeness (QED) is 0.758. The van der Waals surface area contributed by atoms with Gasteiger partial charge < -0.3 is 10.6 Å². The Morgan fingerprint density at radius 2 is 1.45 bits per heavy atom. The highest BCUT2D eigenvalue weighted by Gasteiger charge is 2.46. The standard InChI is InChI=1S/C22H23F3N2O2/c1-13-3-7-15(8-4-13)19(16-9-5-14(2)6-10-16)27-21(29)17-11-12-18(22(23,24)25)26-20(17)28/h3-10,17-19H,11-12H2,1-2H3,(H,26,28)(H,27,29). The van der Waals surface area contributed by atoms with Crippen molar-refractivity contribution in [3.05, 3.63) is 70.8 Å². The van der Waals surface area contributed by atoms with Crippen LogP contribution in [0.2, 0.25) is 0 Å². The van der Waals surface area contributed by atoms with Crippen LogP contribution in [0.3, 0.4) is 0 Å². The Morgan fingerprint density at radius 1 is 0.966 bits per heavy atom. The van der Waals surface area contributed by atoms with Crippen molar-refractivity contribution in [3.8, 4) is 0 Å². The molecule has 0 radical (unpaired) electrons. The minimum absolute atomic E-state index is 0.143. The zero-order valence-electron chi connectivity index (χ0n) is 16.2. The van der Waals surface area contributed by atoms with Crippen LogP contribution in [0.25, 0.3) is 0 Å². The zero-order valence-corrected chi connectivity index (χ0v) is 16.2. The van der Waals surface area contributed by atoms with Crippen LogP contribution < -0.4 is 10.6 Å². The summed E-state index contributed by atoms with van der Waals surface area (Å²) < 4.78 is 38.5. The van der Waals surface area contributed by atoms with Crippen LogP contribution in [0, 0.1) is 19.8 Å². The van der Waals surface area contributed by atoms with Crippen LogP contribution in [0.5, 0.6) is 0 Å². The van der Waals surface area contributed by atoms with Crippen molar-refractivity contribution in [2.24, 2.45) is 5.92 Å². The van der Waals surface area contributed by atoms with Gasteiger partial charge in [-0.2, -0.15) is 13.2 Å². The van der Waals surface area contributed by atoms with Gasteiger partial charge in [-0.15, -0.1) is 0 Å². The van der Waals surface area contributed by atoms with E-state index in [4.69, 9.17) is 0 Å². The van der Waals surface area contributed by atoms with Crippen LogP contribution >= 0.6 is 0 Å². The molecule has 7 heteroatoms. The lowest BCUT2D eigenvalue weighted by Crippen LogP contribution is -2.54. The summed E-state index contributed by atoms with van der Waals surface area (Å²) in [6.07, 6.45) is -4.97. The molecule has 2 amide bonds. The minimum atomic E-state index is -4.51. The number of aryl methyl sites for hydroxylation is 2. The van der Waals surface area contributed by atoms with Crippen molar-refractivity contribution in [1.29, 1.82) is 0 Å². The first-order valence-electron chi connectivity index (χ1n) is 9.46. The second-order valence-corrected chi connectivity index (χ2v) is 7.50. The number of carbonyl (C=O) groups is 2. The molecule has 2 aromatic rings. The largest absolute Gasteiger partial charge is 0.408 e. The molecule has 0 spiro atoms. The molecule has 2 unspecified atom stereocenters. The Hall–Kier alpha value is -2.83. The highest BCUT2D eigenvalue weighted by atomic mass is 19.4. The zero-order chi connectivity index (χ0) is 21.2. The topological polar surface area (TPSA) is 58.2 Å². The third kappa shape index (κ3) is 4.96. The van der Waals surface area contributed by atoms with Gasteiger partial charge in [0.1, 0.15) is 12.0 Å². The summed E-state index contributed by atoms with van der Waals surface area (Å²) in [5.41, 5.74) is 3.79. The first-order chi connectivity index (χ1) is 13.6. The molecule has 3 rings (SSSR count). The van der Waals surface area contributed by atoms with Crippen LogP contribution in [0.1, 0.15) is 41.1 Å². The average molecular weight is 404 g/mol. The molecule has 154 valence electrons. The lowest BCUT2D eigenvalue weighted by molar-refractivity contribution is -0.171. The van der Waals surface area contributed by atoms with Crippen molar-refractivity contribution in [3.63, 3.8) is 0 Å². The summed E-state index contributed by atoms with van der Waals surface area (Å²) in [5.74, 6) is -2.61. The highest BCUT2D eigenvalue weighted by Crippen LogP contribution is 2.30. The van der Waals surface area contributed by atoms with Crippen molar-refractivity contribution >= 4 is 11.8 Å². The van der Waals surface area contributed by atoms with Gasteiger partial charge in [0.2, 0.25) is 11.8 Å². The Kier molecular flexibility index (Phi) is 5.96. The van der Waals surface area contributed by atoms with E-state index in [0.717, 1.165) is 22.3 Å². The fourth-order valence-corrected chi connectivity index (χ4v) is 3.42. The van der Waals surface area contributed by atoms with Crippen molar-refractivity contribution in [2.45, 2.75) is 44.9 Å². The van der Waals surface area contributed by atoms with E-state index in [0.29, 0.717) is 0 Å². The van der Waals surface area contributed by atoms with Crippen molar-refractivity contribution in [2.75, 3.05) is 0 Å². The molecule has 2 N–H and O–H groups in total. The van der Waals surface area contributed by atoms with E-state index >= 15 is 0 Å². The van der Waals surface area contributed by atoms with Crippen LogP contribution in [0.15, 0.2) is 48.5 Å². The normalized spacial score (nSPS) is 19.7. The van der Waals surface area contributed by atoms with E-state index in [2.05, 4.69) is 5.32 Å². The van der Waals surface area contributed by atoms with Gasteiger partial charge in [0.05, 0.1) is 6.04 Å². The van der Waals surface area contributed by atoms with Gasteiger partial charge in [0.25, 0.3) is 0 Å². The summed E-state index contributed by atoms with van der Waals surface area (Å²) in [6.45, 7) is 3.90. The third-order valence-electron chi connectivity index (χ3n) is 5.20. The number of alkyl halides is 3. The first kappa shape index (κ1) is 20.9. The number of halogens is 3. The van der Waals surface area contributed by atoms with E-state index in [1.807, 2.05) is 67.7 Å². The number of amides is 2. The fraction of sp³-hybridized carbons (Fsp3) is 0.364. The van der Waals surface area contributed by atoms with Crippen molar-refractivity contribution < 1.29 is 22.8 Å². The number of nitrogens with one attached hydrogen (secondary N) is 2. The molecular formula is C22H23F3N2O2. The lowest BCUT2D eigenvalue weighted by atomic mass is 9.91. The molecule has 4 nitrogen and oxygen atoms in total. The molecule has 1 fully saturated rings. The van der Waals surface area contributed by atoms with Gasteiger partial charge in [-0.05, 0) is 37.8 Å². The van der Waals surface area contributed by atoms with Crippen molar-refractivity contribution in [1.82, 2.24) is 10.6 Å². The maximum atomic E-state index is 12.8. The Morgan fingerprint density at radius 3 is 1.86 bits per heavy atom. The van der Waals surface area contributed by atoms with Gasteiger partial charge in [0, 0.05) is 0 Å². The van der Waals surface area contributed by atoms with Crippen LogP contribution in [-0.4, -0.2) is 24.0 Å². The molecule has 1 aliphatic rings. The number of rotatable bonds is 4.